The van der Waals surface area contributed by atoms with Crippen molar-refractivity contribution in [1.82, 2.24) is 5.32 Å². The average molecular weight is 272 g/mol. The van der Waals surface area contributed by atoms with Crippen molar-refractivity contribution in [2.75, 3.05) is 18.1 Å². The number of hydrogen-bond acceptors (Lipinski definition) is 4. The third-order valence-corrected chi connectivity index (χ3v) is 4.94. The number of amides is 1. The van der Waals surface area contributed by atoms with Gasteiger partial charge in [-0.2, -0.15) is 11.8 Å². The molecule has 1 saturated heterocycles. The average Bonchev–Trinajstić information content (AvgIpc) is 2.37. The Bertz CT molecular complexity index is 280. The van der Waals surface area contributed by atoms with E-state index in [0.717, 1.165) is 6.42 Å². The smallest absolute Gasteiger partial charge is 0.220 e. The van der Waals surface area contributed by atoms with E-state index in [4.69, 9.17) is 10.5 Å². The molecule has 1 saturated carbocycles. The molecule has 18 heavy (non-hydrogen) atoms. The molecule has 0 spiro atoms. The summed E-state index contributed by atoms with van der Waals surface area (Å²) in [6, 6.07) is 0.0860. The molecule has 1 heterocycles. The monoisotopic (exact) mass is 272 g/mol. The van der Waals surface area contributed by atoms with Crippen LogP contribution in [-0.2, 0) is 9.53 Å². The second-order valence-corrected chi connectivity index (χ2v) is 6.47. The van der Waals surface area contributed by atoms with Gasteiger partial charge in [0.2, 0.25) is 5.91 Å². The summed E-state index contributed by atoms with van der Waals surface area (Å²) in [5.74, 6) is 3.11. The van der Waals surface area contributed by atoms with Crippen LogP contribution in [0.5, 0.6) is 0 Å². The van der Waals surface area contributed by atoms with Crippen molar-refractivity contribution in [2.45, 2.75) is 50.8 Å². The van der Waals surface area contributed by atoms with Crippen LogP contribution in [0.3, 0.4) is 0 Å². The lowest BCUT2D eigenvalue weighted by atomic mass is 9.83. The number of carbonyl (C=O) groups is 1. The van der Waals surface area contributed by atoms with Gasteiger partial charge in [0, 0.05) is 19.1 Å². The predicted molar refractivity (Wildman–Crippen MR) is 74.6 cm³/mol. The molecule has 0 bridgehead atoms. The van der Waals surface area contributed by atoms with Crippen molar-refractivity contribution in [1.29, 1.82) is 0 Å². The first kappa shape index (κ1) is 14.2. The number of nitrogens with two attached hydrogens (primary N) is 1. The Labute approximate surface area is 113 Å². The van der Waals surface area contributed by atoms with Crippen LogP contribution in [-0.4, -0.2) is 42.2 Å². The fourth-order valence-electron chi connectivity index (χ4n) is 2.68. The summed E-state index contributed by atoms with van der Waals surface area (Å²) in [5.41, 5.74) is 5.93. The highest BCUT2D eigenvalue weighted by molar-refractivity contribution is 7.99. The van der Waals surface area contributed by atoms with Gasteiger partial charge in [-0.1, -0.05) is 0 Å². The lowest BCUT2D eigenvalue weighted by Gasteiger charge is -2.42. The lowest BCUT2D eigenvalue weighted by molar-refractivity contribution is -0.126. The van der Waals surface area contributed by atoms with Crippen LogP contribution < -0.4 is 11.1 Å². The van der Waals surface area contributed by atoms with Gasteiger partial charge < -0.3 is 15.8 Å². The first-order valence-electron chi connectivity index (χ1n) is 6.95. The molecule has 0 aromatic carbocycles. The van der Waals surface area contributed by atoms with Gasteiger partial charge in [0.05, 0.1) is 12.1 Å². The number of rotatable bonds is 5. The molecule has 2 fully saturated rings. The molecule has 3 atom stereocenters. The minimum Gasteiger partial charge on any atom is -0.376 e. The number of nitrogens with one attached hydrogen (secondary N) is 1. The minimum atomic E-state index is 0.0235. The van der Waals surface area contributed by atoms with Gasteiger partial charge in [0.1, 0.15) is 0 Å². The van der Waals surface area contributed by atoms with E-state index in [1.807, 2.05) is 18.7 Å². The zero-order valence-corrected chi connectivity index (χ0v) is 11.9. The van der Waals surface area contributed by atoms with Gasteiger partial charge in [-0.25, -0.2) is 0 Å². The van der Waals surface area contributed by atoms with Crippen LogP contribution in [0.1, 0.15) is 32.6 Å². The molecule has 104 valence electrons. The summed E-state index contributed by atoms with van der Waals surface area (Å²) in [6.45, 7) is 2.66. The van der Waals surface area contributed by atoms with Gasteiger partial charge in [0.15, 0.2) is 0 Å². The van der Waals surface area contributed by atoms with Crippen LogP contribution in [0.15, 0.2) is 0 Å². The fraction of sp³-hybridized carbons (Fsp3) is 0.923. The predicted octanol–water partition coefficient (Wildman–Crippen LogP) is 1.14. The summed E-state index contributed by atoms with van der Waals surface area (Å²) < 4.78 is 5.55. The molecular formula is C13H24N2O2S. The molecule has 0 radical (unpaired) electrons. The Morgan fingerprint density at radius 3 is 2.78 bits per heavy atom. The molecule has 3 N–H and O–H groups in total. The van der Waals surface area contributed by atoms with Crippen molar-refractivity contribution >= 4 is 17.7 Å². The van der Waals surface area contributed by atoms with E-state index in [1.165, 1.54) is 24.3 Å². The molecule has 3 unspecified atom stereocenters. The van der Waals surface area contributed by atoms with E-state index < -0.39 is 0 Å². The molecule has 1 amide bonds. The molecule has 0 aromatic rings. The summed E-state index contributed by atoms with van der Waals surface area (Å²) in [5, 5.41) is 3.05. The third kappa shape index (κ3) is 3.62. The molecule has 1 aliphatic carbocycles. The van der Waals surface area contributed by atoms with Crippen LogP contribution in [0.2, 0.25) is 0 Å². The standard InChI is InChI=1S/C13H24N2O2S/c1-2-17-11-8-10(14)13(11)15-12(16)7-9-3-5-18-6-4-9/h9-11,13H,2-8,14H2,1H3,(H,15,16). The maximum atomic E-state index is 12.0. The highest BCUT2D eigenvalue weighted by Crippen LogP contribution is 2.26. The van der Waals surface area contributed by atoms with E-state index in [9.17, 15) is 4.79 Å². The van der Waals surface area contributed by atoms with Gasteiger partial charge >= 0.3 is 0 Å². The van der Waals surface area contributed by atoms with Crippen molar-refractivity contribution < 1.29 is 9.53 Å². The van der Waals surface area contributed by atoms with Crippen molar-refractivity contribution in [3.8, 4) is 0 Å². The Balaban J connectivity index is 1.72. The molecule has 1 aliphatic heterocycles. The molecular weight excluding hydrogens is 248 g/mol. The number of hydrogen-bond donors (Lipinski definition) is 2. The highest BCUT2D eigenvalue weighted by atomic mass is 32.2. The Morgan fingerprint density at radius 1 is 1.44 bits per heavy atom. The minimum absolute atomic E-state index is 0.0235. The maximum absolute atomic E-state index is 12.0. The lowest BCUT2D eigenvalue weighted by Crippen LogP contribution is -2.64. The Hall–Kier alpha value is -0.260. The summed E-state index contributed by atoms with van der Waals surface area (Å²) in [4.78, 5) is 12.0. The maximum Gasteiger partial charge on any atom is 0.220 e. The number of thioether (sulfide) groups is 1. The Kier molecular flexibility index (Phi) is 5.33. The number of ether oxygens (including phenoxy) is 1. The van der Waals surface area contributed by atoms with Gasteiger partial charge in [-0.15, -0.1) is 0 Å². The van der Waals surface area contributed by atoms with Crippen molar-refractivity contribution in [2.24, 2.45) is 11.7 Å². The van der Waals surface area contributed by atoms with E-state index in [0.29, 0.717) is 18.9 Å². The number of carbonyl (C=O) groups excluding carboxylic acids is 1. The van der Waals surface area contributed by atoms with Gasteiger partial charge in [0.25, 0.3) is 0 Å². The first-order chi connectivity index (χ1) is 8.70. The van der Waals surface area contributed by atoms with Crippen LogP contribution in [0.4, 0.5) is 0 Å². The molecule has 0 aromatic heterocycles. The molecule has 4 nitrogen and oxygen atoms in total. The normalized spacial score (nSPS) is 32.9. The SMILES string of the molecule is CCOC1CC(N)C1NC(=O)CC1CCSCC1. The van der Waals surface area contributed by atoms with Gasteiger partial charge in [-0.05, 0) is 43.6 Å². The highest BCUT2D eigenvalue weighted by Gasteiger charge is 2.40. The summed E-state index contributed by atoms with van der Waals surface area (Å²) in [7, 11) is 0. The fourth-order valence-corrected chi connectivity index (χ4v) is 3.89. The van der Waals surface area contributed by atoms with E-state index in [-0.39, 0.29) is 24.1 Å². The van der Waals surface area contributed by atoms with Crippen LogP contribution in [0.25, 0.3) is 0 Å². The van der Waals surface area contributed by atoms with Gasteiger partial charge in [-0.3, -0.25) is 4.79 Å². The van der Waals surface area contributed by atoms with Crippen LogP contribution >= 0.6 is 11.8 Å². The second-order valence-electron chi connectivity index (χ2n) is 5.25. The third-order valence-electron chi connectivity index (χ3n) is 3.89. The molecule has 2 aliphatic rings. The van der Waals surface area contributed by atoms with E-state index in [2.05, 4.69) is 5.32 Å². The van der Waals surface area contributed by atoms with E-state index >= 15 is 0 Å². The topological polar surface area (TPSA) is 64.3 Å². The summed E-state index contributed by atoms with van der Waals surface area (Å²) in [6.07, 6.45) is 3.98. The zero-order chi connectivity index (χ0) is 13.0. The largest absolute Gasteiger partial charge is 0.376 e. The molecule has 5 heteroatoms. The quantitative estimate of drug-likeness (QED) is 0.788. The summed E-state index contributed by atoms with van der Waals surface area (Å²) >= 11 is 1.99. The first-order valence-corrected chi connectivity index (χ1v) is 8.10. The molecule has 2 rings (SSSR count). The van der Waals surface area contributed by atoms with E-state index in [1.54, 1.807) is 0 Å². The van der Waals surface area contributed by atoms with Crippen molar-refractivity contribution in [3.05, 3.63) is 0 Å². The Morgan fingerprint density at radius 2 is 2.17 bits per heavy atom. The van der Waals surface area contributed by atoms with Crippen LogP contribution in [0, 0.1) is 5.92 Å². The zero-order valence-electron chi connectivity index (χ0n) is 11.1. The van der Waals surface area contributed by atoms with Crippen molar-refractivity contribution in [3.63, 3.8) is 0 Å². The second kappa shape index (κ2) is 6.78.